The van der Waals surface area contributed by atoms with Crippen LogP contribution in [-0.4, -0.2) is 23.7 Å². The van der Waals surface area contributed by atoms with Crippen molar-refractivity contribution < 1.29 is 0 Å². The number of fused-ring (bicyclic) bond motifs is 11. The highest BCUT2D eigenvalue weighted by molar-refractivity contribution is 6.15. The van der Waals surface area contributed by atoms with Crippen LogP contribution >= 0.6 is 0 Å². The molecule has 0 spiro atoms. The highest BCUT2D eigenvalue weighted by Crippen LogP contribution is 2.42. The average Bonchev–Trinajstić information content (AvgIpc) is 4.18. The lowest BCUT2D eigenvalue weighted by Gasteiger charge is -2.14. The summed E-state index contributed by atoms with van der Waals surface area (Å²) in [5, 5.41) is 11.8. The van der Waals surface area contributed by atoms with Crippen molar-refractivity contribution >= 4 is 87.0 Å². The topological polar surface area (TPSA) is 40.6 Å². The Bertz CT molecular complexity index is 4720. The second kappa shape index (κ2) is 17.1. The maximum absolute atomic E-state index is 5.59. The van der Waals surface area contributed by atoms with Gasteiger partial charge in [0.2, 0.25) is 5.95 Å². The minimum Gasteiger partial charge on any atom is -0.309 e. The lowest BCUT2D eigenvalue weighted by atomic mass is 9.98. The number of para-hydroxylation sites is 4. The lowest BCUT2D eigenvalue weighted by molar-refractivity contribution is 0.997. The van der Waals surface area contributed by atoms with E-state index in [1.165, 1.54) is 54.4 Å². The summed E-state index contributed by atoms with van der Waals surface area (Å²) in [4.78, 5) is 11.2. The largest absolute Gasteiger partial charge is 0.309 e. The first-order valence-corrected chi connectivity index (χ1v) is 26.3. The summed E-state index contributed by atoms with van der Waals surface area (Å²) >= 11 is 0. The zero-order valence-corrected chi connectivity index (χ0v) is 41.7. The molecule has 5 heteroatoms. The van der Waals surface area contributed by atoms with Crippen LogP contribution in [0.2, 0.25) is 0 Å². The Morgan fingerprint density at radius 2 is 0.545 bits per heavy atom. The van der Waals surface area contributed by atoms with Crippen molar-refractivity contribution in [3.63, 3.8) is 0 Å². The van der Waals surface area contributed by atoms with Crippen molar-refractivity contribution in [1.82, 2.24) is 23.7 Å². The summed E-state index contributed by atoms with van der Waals surface area (Å²) in [6.45, 7) is 0. The van der Waals surface area contributed by atoms with Gasteiger partial charge in [0.15, 0.2) is 0 Å². The molecule has 0 atom stereocenters. The Labute approximate surface area is 443 Å². The smallest absolute Gasteiger partial charge is 0.235 e. The average molecular weight is 980 g/mol. The number of hydrogen-bond donors (Lipinski definition) is 0. The molecule has 0 amide bonds. The van der Waals surface area contributed by atoms with Gasteiger partial charge in [-0.1, -0.05) is 182 Å². The summed E-state index contributed by atoms with van der Waals surface area (Å²) in [7, 11) is 0. The summed E-state index contributed by atoms with van der Waals surface area (Å²) in [5.41, 5.74) is 17.5. The Kier molecular flexibility index (Phi) is 9.57. The van der Waals surface area contributed by atoms with E-state index >= 15 is 0 Å². The number of aromatic nitrogens is 5. The molecule has 358 valence electrons. The third-order valence-corrected chi connectivity index (χ3v) is 15.9. The molecule has 0 aliphatic carbocycles. The van der Waals surface area contributed by atoms with Crippen molar-refractivity contribution in [3.8, 4) is 62.1 Å². The summed E-state index contributed by atoms with van der Waals surface area (Å²) in [6, 6.07) is 98.9. The predicted octanol–water partition coefficient (Wildman–Crippen LogP) is 18.7. The SMILES string of the molecule is c1ccc(-n2c3ccccc3c3cc(-c4ccc5c(c4)c4cc(-c6ccc7c(c6)c6ccccc6n7-c6ccccc6)ccc4n5-c4nc(-c5cccc6ccccc56)cc(-c5cccc6ccccc56)n4)ccc32)cc1. The third kappa shape index (κ3) is 6.81. The molecule has 77 heavy (non-hydrogen) atoms. The Balaban J connectivity index is 0.943. The Morgan fingerprint density at radius 3 is 0.974 bits per heavy atom. The van der Waals surface area contributed by atoms with Crippen LogP contribution < -0.4 is 0 Å². The van der Waals surface area contributed by atoms with E-state index in [-0.39, 0.29) is 0 Å². The fourth-order valence-electron chi connectivity index (χ4n) is 12.3. The van der Waals surface area contributed by atoms with Gasteiger partial charge in [-0.3, -0.25) is 4.57 Å². The first kappa shape index (κ1) is 43.1. The van der Waals surface area contributed by atoms with E-state index in [2.05, 4.69) is 287 Å². The summed E-state index contributed by atoms with van der Waals surface area (Å²) in [5.74, 6) is 0.615. The Hall–Kier alpha value is -10.4. The molecule has 0 aliphatic rings. The molecule has 4 aromatic heterocycles. The fourth-order valence-corrected chi connectivity index (χ4v) is 12.3. The highest BCUT2D eigenvalue weighted by atomic mass is 15.2. The molecular formula is C72H45N5. The second-order valence-electron chi connectivity index (χ2n) is 20.1. The van der Waals surface area contributed by atoms with Crippen molar-refractivity contribution in [2.24, 2.45) is 0 Å². The molecule has 16 rings (SSSR count). The van der Waals surface area contributed by atoms with Crippen LogP contribution in [0.4, 0.5) is 0 Å². The van der Waals surface area contributed by atoms with Gasteiger partial charge in [-0.15, -0.1) is 0 Å². The maximum Gasteiger partial charge on any atom is 0.235 e. The molecule has 0 saturated heterocycles. The van der Waals surface area contributed by atoms with Gasteiger partial charge in [0.05, 0.1) is 44.5 Å². The molecule has 0 fully saturated rings. The normalized spacial score (nSPS) is 11.9. The minimum atomic E-state index is 0.615. The van der Waals surface area contributed by atoms with E-state index in [9.17, 15) is 0 Å². The molecule has 0 bridgehead atoms. The van der Waals surface area contributed by atoms with E-state index in [4.69, 9.17) is 9.97 Å². The monoisotopic (exact) mass is 979 g/mol. The van der Waals surface area contributed by atoms with Crippen LogP contribution in [-0.2, 0) is 0 Å². The molecule has 4 heterocycles. The van der Waals surface area contributed by atoms with Gasteiger partial charge in [0, 0.05) is 54.8 Å². The lowest BCUT2D eigenvalue weighted by Crippen LogP contribution is -2.04. The number of nitrogens with zero attached hydrogens (tertiary/aromatic N) is 5. The molecular weight excluding hydrogens is 935 g/mol. The zero-order valence-electron chi connectivity index (χ0n) is 41.7. The van der Waals surface area contributed by atoms with E-state index in [0.717, 1.165) is 88.7 Å². The van der Waals surface area contributed by atoms with Crippen LogP contribution in [0, 0.1) is 0 Å². The molecule has 0 saturated carbocycles. The van der Waals surface area contributed by atoms with Gasteiger partial charge >= 0.3 is 0 Å². The highest BCUT2D eigenvalue weighted by Gasteiger charge is 2.22. The van der Waals surface area contributed by atoms with Crippen LogP contribution in [0.15, 0.2) is 273 Å². The van der Waals surface area contributed by atoms with Gasteiger partial charge in [0.25, 0.3) is 0 Å². The van der Waals surface area contributed by atoms with E-state index in [0.29, 0.717) is 5.95 Å². The van der Waals surface area contributed by atoms with Gasteiger partial charge in [0.1, 0.15) is 0 Å². The van der Waals surface area contributed by atoms with Gasteiger partial charge < -0.3 is 9.13 Å². The van der Waals surface area contributed by atoms with Crippen molar-refractivity contribution in [1.29, 1.82) is 0 Å². The zero-order chi connectivity index (χ0) is 50.6. The van der Waals surface area contributed by atoms with Gasteiger partial charge in [-0.25, -0.2) is 9.97 Å². The van der Waals surface area contributed by atoms with Crippen LogP contribution in [0.1, 0.15) is 0 Å². The first-order valence-electron chi connectivity index (χ1n) is 26.3. The van der Waals surface area contributed by atoms with Crippen molar-refractivity contribution in [2.45, 2.75) is 0 Å². The van der Waals surface area contributed by atoms with Crippen LogP contribution in [0.3, 0.4) is 0 Å². The number of rotatable bonds is 7. The van der Waals surface area contributed by atoms with Gasteiger partial charge in [-0.2, -0.15) is 0 Å². The third-order valence-electron chi connectivity index (χ3n) is 15.9. The van der Waals surface area contributed by atoms with Crippen molar-refractivity contribution in [2.75, 3.05) is 0 Å². The second-order valence-corrected chi connectivity index (χ2v) is 20.1. The predicted molar refractivity (Wildman–Crippen MR) is 322 cm³/mol. The van der Waals surface area contributed by atoms with E-state index in [1.807, 2.05) is 0 Å². The standard InChI is InChI=1S/C72H45N5/c1-3-21-52(22-4-1)75-66-31-13-11-27-58(66)60-41-48(33-37-68(60)75)50-35-39-70-62(43-50)63-44-51(49-34-38-69-61(42-49)59-28-12-14-32-67(59)76(69)53-23-5-2-6-24-53)36-40-71(63)77(70)72-73-64(56-29-15-19-46-17-7-9-25-54(46)56)45-65(74-72)57-30-16-20-47-18-8-10-26-55(47)57/h1-45H. The molecule has 5 nitrogen and oxygen atoms in total. The molecule has 16 aromatic rings. The first-order chi connectivity index (χ1) is 38.2. The van der Waals surface area contributed by atoms with E-state index < -0.39 is 0 Å². The molecule has 0 radical (unpaired) electrons. The molecule has 0 N–H and O–H groups in total. The molecule has 0 unspecified atom stereocenters. The fraction of sp³-hybridized carbons (Fsp3) is 0. The Morgan fingerprint density at radius 1 is 0.221 bits per heavy atom. The van der Waals surface area contributed by atoms with E-state index in [1.54, 1.807) is 0 Å². The maximum atomic E-state index is 5.59. The number of hydrogen-bond acceptors (Lipinski definition) is 2. The summed E-state index contributed by atoms with van der Waals surface area (Å²) in [6.07, 6.45) is 0. The number of benzene rings is 12. The molecule has 12 aromatic carbocycles. The van der Waals surface area contributed by atoms with Crippen LogP contribution in [0.25, 0.3) is 149 Å². The summed E-state index contributed by atoms with van der Waals surface area (Å²) < 4.78 is 7.04. The molecule has 0 aliphatic heterocycles. The quantitative estimate of drug-likeness (QED) is 0.160. The van der Waals surface area contributed by atoms with Crippen molar-refractivity contribution in [3.05, 3.63) is 273 Å². The minimum absolute atomic E-state index is 0.615. The van der Waals surface area contributed by atoms with Crippen LogP contribution in [0.5, 0.6) is 0 Å². The van der Waals surface area contributed by atoms with Gasteiger partial charge in [-0.05, 0) is 135 Å².